The summed E-state index contributed by atoms with van der Waals surface area (Å²) >= 11 is 6.04. The van der Waals surface area contributed by atoms with Crippen LogP contribution in [0.1, 0.15) is 6.42 Å². The smallest absolute Gasteiger partial charge is 0.0716 e. The molecular formula is C12H17ClN2O. The lowest BCUT2D eigenvalue weighted by molar-refractivity contribution is 0.0258. The summed E-state index contributed by atoms with van der Waals surface area (Å²) in [7, 11) is 0. The van der Waals surface area contributed by atoms with Gasteiger partial charge in [0.2, 0.25) is 0 Å². The van der Waals surface area contributed by atoms with E-state index in [9.17, 15) is 0 Å². The lowest BCUT2D eigenvalue weighted by atomic mass is 10.2. The number of ether oxygens (including phenoxy) is 1. The fraction of sp³-hybridized carbons (Fsp3) is 0.500. The maximum absolute atomic E-state index is 6.04. The van der Waals surface area contributed by atoms with Crippen LogP contribution < -0.4 is 10.6 Å². The number of hydrogen-bond acceptors (Lipinski definition) is 3. The summed E-state index contributed by atoms with van der Waals surface area (Å²) in [5, 5.41) is 7.41. The average molecular weight is 241 g/mol. The molecule has 0 aliphatic carbocycles. The summed E-state index contributed by atoms with van der Waals surface area (Å²) in [4.78, 5) is 0. The molecule has 0 spiro atoms. The van der Waals surface area contributed by atoms with Gasteiger partial charge in [0.15, 0.2) is 0 Å². The number of hydrogen-bond donors (Lipinski definition) is 2. The van der Waals surface area contributed by atoms with Gasteiger partial charge in [0.05, 0.1) is 23.4 Å². The quantitative estimate of drug-likeness (QED) is 0.846. The van der Waals surface area contributed by atoms with Gasteiger partial charge in [-0.05, 0) is 18.6 Å². The predicted octanol–water partition coefficient (Wildman–Crippen LogP) is 2.13. The van der Waals surface area contributed by atoms with Crippen molar-refractivity contribution >= 4 is 17.3 Å². The third kappa shape index (κ3) is 3.37. The van der Waals surface area contributed by atoms with Gasteiger partial charge < -0.3 is 15.4 Å². The van der Waals surface area contributed by atoms with Crippen LogP contribution in [0.4, 0.5) is 5.69 Å². The van der Waals surface area contributed by atoms with E-state index in [0.29, 0.717) is 6.10 Å². The van der Waals surface area contributed by atoms with Crippen LogP contribution in [0, 0.1) is 0 Å². The standard InChI is InChI=1S/C12H17ClN2O/c13-11-3-1-2-4-12(11)15-6-5-10-9-14-7-8-16-10/h1-4,10,14-15H,5-9H2. The minimum atomic E-state index is 0.323. The van der Waals surface area contributed by atoms with E-state index in [1.165, 1.54) is 0 Å². The highest BCUT2D eigenvalue weighted by Crippen LogP contribution is 2.20. The lowest BCUT2D eigenvalue weighted by Gasteiger charge is -2.23. The lowest BCUT2D eigenvalue weighted by Crippen LogP contribution is -2.39. The predicted molar refractivity (Wildman–Crippen MR) is 67.2 cm³/mol. The molecule has 0 bridgehead atoms. The van der Waals surface area contributed by atoms with Crippen molar-refractivity contribution in [3.05, 3.63) is 29.3 Å². The Bertz CT molecular complexity index is 327. The Labute approximate surface area is 101 Å². The van der Waals surface area contributed by atoms with E-state index >= 15 is 0 Å². The van der Waals surface area contributed by atoms with Crippen LogP contribution in [0.25, 0.3) is 0 Å². The first-order chi connectivity index (χ1) is 7.86. The Kier molecular flexibility index (Phi) is 4.45. The molecule has 2 N–H and O–H groups in total. The van der Waals surface area contributed by atoms with E-state index in [1.54, 1.807) is 0 Å². The zero-order valence-electron chi connectivity index (χ0n) is 9.21. The highest BCUT2D eigenvalue weighted by Gasteiger charge is 2.12. The number of rotatable bonds is 4. The second-order valence-electron chi connectivity index (χ2n) is 3.89. The number of nitrogens with one attached hydrogen (secondary N) is 2. The summed E-state index contributed by atoms with van der Waals surface area (Å²) in [5.41, 5.74) is 0.993. The number of morpholine rings is 1. The van der Waals surface area contributed by atoms with Gasteiger partial charge in [-0.25, -0.2) is 0 Å². The zero-order chi connectivity index (χ0) is 11.2. The molecule has 4 heteroatoms. The van der Waals surface area contributed by atoms with Gasteiger partial charge in [-0.1, -0.05) is 23.7 Å². The highest BCUT2D eigenvalue weighted by molar-refractivity contribution is 6.33. The average Bonchev–Trinajstić information content (AvgIpc) is 2.33. The first-order valence-corrected chi connectivity index (χ1v) is 6.05. The Morgan fingerprint density at radius 1 is 1.44 bits per heavy atom. The van der Waals surface area contributed by atoms with Crippen molar-refractivity contribution < 1.29 is 4.74 Å². The van der Waals surface area contributed by atoms with Crippen LogP contribution in [-0.4, -0.2) is 32.3 Å². The second kappa shape index (κ2) is 6.09. The van der Waals surface area contributed by atoms with Crippen LogP contribution in [0.3, 0.4) is 0 Å². The molecule has 1 heterocycles. The second-order valence-corrected chi connectivity index (χ2v) is 4.30. The fourth-order valence-electron chi connectivity index (χ4n) is 1.78. The molecule has 1 atom stereocenters. The van der Waals surface area contributed by atoms with E-state index < -0.39 is 0 Å². The Morgan fingerprint density at radius 2 is 2.31 bits per heavy atom. The monoisotopic (exact) mass is 240 g/mol. The van der Waals surface area contributed by atoms with Gasteiger partial charge in [-0.15, -0.1) is 0 Å². The molecule has 16 heavy (non-hydrogen) atoms. The summed E-state index contributed by atoms with van der Waals surface area (Å²) in [6.07, 6.45) is 1.32. The van der Waals surface area contributed by atoms with Gasteiger partial charge in [-0.3, -0.25) is 0 Å². The number of para-hydroxylation sites is 1. The summed E-state index contributed by atoms with van der Waals surface area (Å²) in [5.74, 6) is 0. The topological polar surface area (TPSA) is 33.3 Å². The molecule has 0 aromatic heterocycles. The molecule has 1 aliphatic heterocycles. The van der Waals surface area contributed by atoms with Crippen molar-refractivity contribution in [2.24, 2.45) is 0 Å². The van der Waals surface area contributed by atoms with Gasteiger partial charge in [0.25, 0.3) is 0 Å². The van der Waals surface area contributed by atoms with Crippen molar-refractivity contribution in [3.63, 3.8) is 0 Å². The summed E-state index contributed by atoms with van der Waals surface area (Å²) in [6, 6.07) is 7.79. The SMILES string of the molecule is Clc1ccccc1NCCC1CNCCO1. The molecule has 1 aromatic carbocycles. The summed E-state index contributed by atoms with van der Waals surface area (Å²) in [6.45, 7) is 3.62. The molecule has 1 aromatic rings. The zero-order valence-corrected chi connectivity index (χ0v) is 9.96. The largest absolute Gasteiger partial charge is 0.384 e. The Balaban J connectivity index is 1.73. The van der Waals surface area contributed by atoms with E-state index in [2.05, 4.69) is 10.6 Å². The minimum absolute atomic E-state index is 0.323. The van der Waals surface area contributed by atoms with Crippen LogP contribution in [0.15, 0.2) is 24.3 Å². The minimum Gasteiger partial charge on any atom is -0.384 e. The Hall–Kier alpha value is -0.770. The third-order valence-electron chi connectivity index (χ3n) is 2.66. The van der Waals surface area contributed by atoms with Crippen LogP contribution in [0.5, 0.6) is 0 Å². The molecular weight excluding hydrogens is 224 g/mol. The highest BCUT2D eigenvalue weighted by atomic mass is 35.5. The van der Waals surface area contributed by atoms with Gasteiger partial charge in [-0.2, -0.15) is 0 Å². The van der Waals surface area contributed by atoms with Gasteiger partial charge >= 0.3 is 0 Å². The van der Waals surface area contributed by atoms with Crippen molar-refractivity contribution in [1.29, 1.82) is 0 Å². The van der Waals surface area contributed by atoms with Crippen molar-refractivity contribution in [2.75, 3.05) is 31.6 Å². The van der Waals surface area contributed by atoms with Crippen LogP contribution >= 0.6 is 11.6 Å². The maximum Gasteiger partial charge on any atom is 0.0716 e. The summed E-state index contributed by atoms with van der Waals surface area (Å²) < 4.78 is 5.61. The maximum atomic E-state index is 6.04. The molecule has 0 radical (unpaired) electrons. The van der Waals surface area contributed by atoms with E-state index in [-0.39, 0.29) is 0 Å². The third-order valence-corrected chi connectivity index (χ3v) is 2.99. The van der Waals surface area contributed by atoms with E-state index in [0.717, 1.165) is 43.4 Å². The number of anilines is 1. The first kappa shape index (κ1) is 11.7. The van der Waals surface area contributed by atoms with Gasteiger partial charge in [0, 0.05) is 19.6 Å². The Morgan fingerprint density at radius 3 is 3.06 bits per heavy atom. The normalized spacial score (nSPS) is 20.7. The van der Waals surface area contributed by atoms with Crippen molar-refractivity contribution in [2.45, 2.75) is 12.5 Å². The molecule has 0 saturated carbocycles. The number of benzene rings is 1. The fourth-order valence-corrected chi connectivity index (χ4v) is 1.98. The molecule has 3 nitrogen and oxygen atoms in total. The number of halogens is 1. The van der Waals surface area contributed by atoms with Crippen molar-refractivity contribution in [1.82, 2.24) is 5.32 Å². The first-order valence-electron chi connectivity index (χ1n) is 5.67. The molecule has 2 rings (SSSR count). The van der Waals surface area contributed by atoms with E-state index in [1.807, 2.05) is 24.3 Å². The molecule has 88 valence electrons. The molecule has 1 aliphatic rings. The van der Waals surface area contributed by atoms with Gasteiger partial charge in [0.1, 0.15) is 0 Å². The van der Waals surface area contributed by atoms with E-state index in [4.69, 9.17) is 16.3 Å². The van der Waals surface area contributed by atoms with Crippen LogP contribution in [0.2, 0.25) is 5.02 Å². The molecule has 0 amide bonds. The van der Waals surface area contributed by atoms with Crippen LogP contribution in [-0.2, 0) is 4.74 Å². The van der Waals surface area contributed by atoms with Crippen molar-refractivity contribution in [3.8, 4) is 0 Å². The molecule has 1 unspecified atom stereocenters. The molecule has 1 saturated heterocycles. The molecule has 1 fully saturated rings.